The molecule has 0 radical (unpaired) electrons. The molecule has 0 bridgehead atoms. The van der Waals surface area contributed by atoms with E-state index in [0.717, 1.165) is 4.09 Å². The second-order valence-electron chi connectivity index (χ2n) is 5.33. The molecule has 0 spiro atoms. The molecular weight excluding hydrogens is 304 g/mol. The quantitative estimate of drug-likeness (QED) is 0.937. The number of phenolic OH excluding ortho intramolecular Hbond substituents is 1. The van der Waals surface area contributed by atoms with Crippen molar-refractivity contribution in [1.29, 1.82) is 0 Å². The molecule has 1 N–H and O–H groups in total. The number of aromatic hydroxyl groups is 1. The molecule has 22 heavy (non-hydrogen) atoms. The summed E-state index contributed by atoms with van der Waals surface area (Å²) in [5, 5.41) is 14.1. The van der Waals surface area contributed by atoms with Crippen LogP contribution < -0.4 is 0 Å². The molecular formula is C15H16N2O4S. The van der Waals surface area contributed by atoms with E-state index in [9.17, 15) is 13.5 Å². The Kier molecular flexibility index (Phi) is 3.25. The van der Waals surface area contributed by atoms with Crippen LogP contribution >= 0.6 is 0 Å². The van der Waals surface area contributed by atoms with Crippen molar-refractivity contribution in [2.24, 2.45) is 0 Å². The third-order valence-electron chi connectivity index (χ3n) is 3.95. The number of nitrogens with zero attached hydrogens (tertiary/aromatic N) is 2. The Hall–Kier alpha value is -2.28. The molecule has 7 heteroatoms. The molecule has 2 aromatic rings. The van der Waals surface area contributed by atoms with Gasteiger partial charge in [-0.05, 0) is 37.6 Å². The van der Waals surface area contributed by atoms with Crippen molar-refractivity contribution in [1.82, 2.24) is 9.19 Å². The second-order valence-corrected chi connectivity index (χ2v) is 7.53. The van der Waals surface area contributed by atoms with Gasteiger partial charge in [-0.15, -0.1) is 0 Å². The molecule has 0 aliphatic heterocycles. The lowest BCUT2D eigenvalue weighted by Gasteiger charge is -2.31. The van der Waals surface area contributed by atoms with E-state index in [4.69, 9.17) is 4.74 Å². The van der Waals surface area contributed by atoms with Gasteiger partial charge >= 0.3 is 0 Å². The first-order valence-corrected chi connectivity index (χ1v) is 8.17. The summed E-state index contributed by atoms with van der Waals surface area (Å²) < 4.78 is 31.3. The summed E-state index contributed by atoms with van der Waals surface area (Å²) in [5.41, 5.74) is 0.420. The summed E-state index contributed by atoms with van der Waals surface area (Å²) in [6.45, 7) is 1.62. The van der Waals surface area contributed by atoms with E-state index in [2.05, 4.69) is 5.10 Å². The van der Waals surface area contributed by atoms with E-state index < -0.39 is 14.8 Å². The number of fused-ring (bicyclic) bond motifs is 1. The number of benzene rings is 1. The highest BCUT2D eigenvalue weighted by atomic mass is 32.2. The average Bonchev–Trinajstić information content (AvgIpc) is 2.91. The van der Waals surface area contributed by atoms with Crippen molar-refractivity contribution in [3.63, 3.8) is 0 Å². The number of allylic oxidation sites excluding steroid dienone is 3. The summed E-state index contributed by atoms with van der Waals surface area (Å²) in [5.74, 6) is 0.436. The predicted octanol–water partition coefficient (Wildman–Crippen LogP) is 2.17. The largest absolute Gasteiger partial charge is 0.508 e. The van der Waals surface area contributed by atoms with Gasteiger partial charge in [0.2, 0.25) is 0 Å². The fourth-order valence-electron chi connectivity index (χ4n) is 2.62. The van der Waals surface area contributed by atoms with Crippen LogP contribution in [0.25, 0.3) is 10.9 Å². The van der Waals surface area contributed by atoms with Crippen LogP contribution in [0.5, 0.6) is 5.75 Å². The molecule has 0 amide bonds. The standard InChI is InChI=1S/C15H16N2O4S/c1-15(8-4-3-5-14(15)21-2)22(19,20)17-13-7-6-12(18)9-11(13)10-16-17/h3-7,9-10,18H,8H2,1-2H3. The maximum Gasteiger partial charge on any atom is 0.267 e. The van der Waals surface area contributed by atoms with Crippen LogP contribution in [0.2, 0.25) is 0 Å². The molecule has 1 aromatic heterocycles. The number of phenols is 1. The highest BCUT2D eigenvalue weighted by molar-refractivity contribution is 7.91. The van der Waals surface area contributed by atoms with Crippen molar-refractivity contribution in [3.05, 3.63) is 48.4 Å². The van der Waals surface area contributed by atoms with Crippen molar-refractivity contribution < 1.29 is 18.3 Å². The summed E-state index contributed by atoms with van der Waals surface area (Å²) in [4.78, 5) is 0. The zero-order valence-electron chi connectivity index (χ0n) is 12.2. The number of aromatic nitrogens is 2. The normalized spacial score (nSPS) is 21.8. The van der Waals surface area contributed by atoms with E-state index in [-0.39, 0.29) is 5.75 Å². The maximum absolute atomic E-state index is 13.1. The maximum atomic E-state index is 13.1. The number of hydrogen-bond donors (Lipinski definition) is 1. The van der Waals surface area contributed by atoms with E-state index in [1.165, 1.54) is 31.5 Å². The van der Waals surface area contributed by atoms with Crippen LogP contribution in [0.3, 0.4) is 0 Å². The molecule has 116 valence electrons. The Bertz CT molecular complexity index is 895. The summed E-state index contributed by atoms with van der Waals surface area (Å²) in [7, 11) is -2.38. The fourth-order valence-corrected chi connectivity index (χ4v) is 4.31. The molecule has 3 rings (SSSR count). The summed E-state index contributed by atoms with van der Waals surface area (Å²) in [6, 6.07) is 4.45. The minimum absolute atomic E-state index is 0.0636. The number of rotatable bonds is 3. The van der Waals surface area contributed by atoms with Gasteiger partial charge in [0.15, 0.2) is 4.75 Å². The lowest BCUT2D eigenvalue weighted by Crippen LogP contribution is -2.42. The second kappa shape index (κ2) is 4.88. The molecule has 1 aliphatic carbocycles. The van der Waals surface area contributed by atoms with E-state index in [1.54, 1.807) is 25.2 Å². The van der Waals surface area contributed by atoms with Gasteiger partial charge in [-0.3, -0.25) is 0 Å². The van der Waals surface area contributed by atoms with Gasteiger partial charge in [0.05, 0.1) is 18.8 Å². The Balaban J connectivity index is 2.20. The highest BCUT2D eigenvalue weighted by Gasteiger charge is 2.46. The third-order valence-corrected chi connectivity index (χ3v) is 6.20. The summed E-state index contributed by atoms with van der Waals surface area (Å²) >= 11 is 0. The monoisotopic (exact) mass is 320 g/mol. The van der Waals surface area contributed by atoms with Crippen LogP contribution in [-0.4, -0.2) is 34.6 Å². The molecule has 1 aliphatic rings. The van der Waals surface area contributed by atoms with Gasteiger partial charge in [-0.1, -0.05) is 12.2 Å². The van der Waals surface area contributed by atoms with E-state index in [0.29, 0.717) is 23.1 Å². The molecule has 0 saturated carbocycles. The molecule has 1 atom stereocenters. The first-order chi connectivity index (χ1) is 10.4. The van der Waals surface area contributed by atoms with Crippen LogP contribution in [0.1, 0.15) is 13.3 Å². The zero-order valence-corrected chi connectivity index (χ0v) is 13.0. The topological polar surface area (TPSA) is 81.4 Å². The van der Waals surface area contributed by atoms with Crippen molar-refractivity contribution in [2.45, 2.75) is 18.1 Å². The van der Waals surface area contributed by atoms with Crippen LogP contribution in [0.15, 0.2) is 48.4 Å². The Labute approximate surface area is 128 Å². The molecule has 0 saturated heterocycles. The van der Waals surface area contributed by atoms with Gasteiger partial charge < -0.3 is 9.84 Å². The van der Waals surface area contributed by atoms with Crippen LogP contribution in [-0.2, 0) is 14.8 Å². The van der Waals surface area contributed by atoms with E-state index >= 15 is 0 Å². The molecule has 0 fully saturated rings. The smallest absolute Gasteiger partial charge is 0.267 e. The zero-order chi connectivity index (χ0) is 16.0. The average molecular weight is 320 g/mol. The fraction of sp³-hybridized carbons (Fsp3) is 0.267. The third kappa shape index (κ3) is 1.93. The van der Waals surface area contributed by atoms with Crippen molar-refractivity contribution in [3.8, 4) is 5.75 Å². The first kappa shape index (κ1) is 14.6. The first-order valence-electron chi connectivity index (χ1n) is 6.73. The molecule has 1 aromatic carbocycles. The molecule has 6 nitrogen and oxygen atoms in total. The van der Waals surface area contributed by atoms with Crippen molar-refractivity contribution in [2.75, 3.05) is 7.11 Å². The number of methoxy groups -OCH3 is 1. The van der Waals surface area contributed by atoms with Gasteiger partial charge in [0, 0.05) is 5.39 Å². The Morgan fingerprint density at radius 3 is 2.91 bits per heavy atom. The van der Waals surface area contributed by atoms with Crippen LogP contribution in [0.4, 0.5) is 0 Å². The summed E-state index contributed by atoms with van der Waals surface area (Å²) in [6.07, 6.45) is 6.94. The van der Waals surface area contributed by atoms with Gasteiger partial charge in [-0.25, -0.2) is 8.42 Å². The SMILES string of the molecule is COC1=CC=CCC1(C)S(=O)(=O)n1ncc2cc(O)ccc21. The molecule has 1 heterocycles. The molecule has 1 unspecified atom stereocenters. The van der Waals surface area contributed by atoms with E-state index in [1.807, 2.05) is 0 Å². The minimum atomic E-state index is -3.84. The minimum Gasteiger partial charge on any atom is -0.508 e. The van der Waals surface area contributed by atoms with Gasteiger partial charge in [0.1, 0.15) is 11.5 Å². The highest BCUT2D eigenvalue weighted by Crippen LogP contribution is 2.36. The lowest BCUT2D eigenvalue weighted by molar-refractivity contribution is 0.252. The van der Waals surface area contributed by atoms with Gasteiger partial charge in [-0.2, -0.15) is 9.19 Å². The van der Waals surface area contributed by atoms with Gasteiger partial charge in [0.25, 0.3) is 10.0 Å². The number of hydrogen-bond acceptors (Lipinski definition) is 5. The van der Waals surface area contributed by atoms with Crippen LogP contribution in [0, 0.1) is 0 Å². The predicted molar refractivity (Wildman–Crippen MR) is 83.0 cm³/mol. The number of ether oxygens (including phenoxy) is 1. The van der Waals surface area contributed by atoms with Crippen molar-refractivity contribution >= 4 is 20.9 Å². The Morgan fingerprint density at radius 2 is 2.18 bits per heavy atom. The lowest BCUT2D eigenvalue weighted by atomic mass is 10.00. The Morgan fingerprint density at radius 1 is 1.41 bits per heavy atom.